The number of aliphatic carboxylic acids is 1. The van der Waals surface area contributed by atoms with Crippen molar-refractivity contribution in [3.05, 3.63) is 78.1 Å². The van der Waals surface area contributed by atoms with Gasteiger partial charge in [-0.1, -0.05) is 48.5 Å². The molecule has 2 amide bonds. The average Bonchev–Trinajstić information content (AvgIpc) is 3.40. The van der Waals surface area contributed by atoms with E-state index >= 15 is 0 Å². The highest BCUT2D eigenvalue weighted by Gasteiger charge is 2.31. The molecule has 1 aliphatic heterocycles. The molecular weight excluding hydrogens is 512 g/mol. The Labute approximate surface area is 233 Å². The number of carboxylic acids is 1. The van der Waals surface area contributed by atoms with E-state index in [0.717, 1.165) is 34.9 Å². The molecule has 0 saturated carbocycles. The molecule has 2 aromatic carbocycles. The van der Waals surface area contributed by atoms with E-state index in [2.05, 4.69) is 34.6 Å². The lowest BCUT2D eigenvalue weighted by Crippen LogP contribution is -2.49. The summed E-state index contributed by atoms with van der Waals surface area (Å²) in [6.45, 7) is 1.76. The van der Waals surface area contributed by atoms with Crippen LogP contribution < -0.4 is 5.32 Å². The molecule has 0 radical (unpaired) electrons. The summed E-state index contributed by atoms with van der Waals surface area (Å²) in [7, 11) is 0. The van der Waals surface area contributed by atoms with Crippen molar-refractivity contribution in [3.8, 4) is 0 Å². The van der Waals surface area contributed by atoms with Gasteiger partial charge < -0.3 is 15.3 Å². The molecule has 1 aliphatic rings. The summed E-state index contributed by atoms with van der Waals surface area (Å²) >= 11 is 1.55. The predicted molar refractivity (Wildman–Crippen MR) is 154 cm³/mol. The Hall–Kier alpha value is -3.43. The average molecular weight is 549 g/mol. The van der Waals surface area contributed by atoms with Gasteiger partial charge in [0, 0.05) is 37.6 Å². The quantitative estimate of drug-likeness (QED) is 0.337. The molecule has 4 rings (SSSR count). The minimum Gasteiger partial charge on any atom is -0.480 e. The summed E-state index contributed by atoms with van der Waals surface area (Å²) in [5.74, 6) is -0.672. The minimum absolute atomic E-state index is 0.0317. The second-order valence-corrected chi connectivity index (χ2v) is 10.9. The molecule has 0 bridgehead atoms. The number of thioether (sulfide) groups is 1. The highest BCUT2D eigenvalue weighted by molar-refractivity contribution is 7.98. The standard InChI is InChI=1S/C30H36N4O4S/c1-39-17-14-27(30(37)38)32-28(35)21-33(19-23-10-6-9-22-8-2-3-13-26(22)23)20-25-12-7-16-34(25)29(36)18-24-11-4-5-15-31-24/h2-6,8-11,13,15,25,27H,7,12,14,16-21H2,1H3,(H,32,35)(H,37,38)/t25-,27?/m0/s1. The van der Waals surface area contributed by atoms with Crippen LogP contribution in [-0.4, -0.2) is 81.4 Å². The first-order valence-electron chi connectivity index (χ1n) is 13.3. The smallest absolute Gasteiger partial charge is 0.326 e. The van der Waals surface area contributed by atoms with Gasteiger partial charge in [-0.2, -0.15) is 11.8 Å². The number of benzene rings is 2. The van der Waals surface area contributed by atoms with Gasteiger partial charge in [-0.25, -0.2) is 4.79 Å². The molecule has 2 heterocycles. The third kappa shape index (κ3) is 8.03. The first-order valence-corrected chi connectivity index (χ1v) is 14.7. The Bertz CT molecular complexity index is 1270. The number of carboxylic acid groups (broad SMARTS) is 1. The number of pyridine rings is 1. The highest BCUT2D eigenvalue weighted by atomic mass is 32.2. The summed E-state index contributed by atoms with van der Waals surface area (Å²) in [4.78, 5) is 46.3. The number of nitrogens with one attached hydrogen (secondary N) is 1. The van der Waals surface area contributed by atoms with Gasteiger partial charge in [0.2, 0.25) is 11.8 Å². The first-order chi connectivity index (χ1) is 18.9. The Kier molecular flexibility index (Phi) is 10.3. The summed E-state index contributed by atoms with van der Waals surface area (Å²) < 4.78 is 0. The van der Waals surface area contributed by atoms with Crippen molar-refractivity contribution in [2.24, 2.45) is 0 Å². The van der Waals surface area contributed by atoms with E-state index in [1.165, 1.54) is 0 Å². The number of hydrogen-bond donors (Lipinski definition) is 2. The number of amides is 2. The second-order valence-electron chi connectivity index (χ2n) is 9.93. The van der Waals surface area contributed by atoms with Crippen molar-refractivity contribution < 1.29 is 19.5 Å². The molecule has 1 aromatic heterocycles. The molecular formula is C30H36N4O4S. The Morgan fingerprint density at radius 2 is 1.92 bits per heavy atom. The highest BCUT2D eigenvalue weighted by Crippen LogP contribution is 2.23. The molecule has 2 atom stereocenters. The van der Waals surface area contributed by atoms with Crippen LogP contribution in [0.3, 0.4) is 0 Å². The largest absolute Gasteiger partial charge is 0.480 e. The topological polar surface area (TPSA) is 103 Å². The number of likely N-dealkylation sites (tertiary alicyclic amines) is 1. The SMILES string of the molecule is CSCCC(NC(=O)CN(Cc1cccc2ccccc12)C[C@@H]1CCCN1C(=O)Cc1ccccn1)C(=O)O. The third-order valence-electron chi connectivity index (χ3n) is 7.11. The lowest BCUT2D eigenvalue weighted by Gasteiger charge is -2.31. The zero-order chi connectivity index (χ0) is 27.6. The van der Waals surface area contributed by atoms with E-state index < -0.39 is 12.0 Å². The fourth-order valence-electron chi connectivity index (χ4n) is 5.20. The van der Waals surface area contributed by atoms with Crippen LogP contribution in [0, 0.1) is 0 Å². The Morgan fingerprint density at radius 1 is 1.13 bits per heavy atom. The van der Waals surface area contributed by atoms with Crippen LogP contribution in [-0.2, 0) is 27.3 Å². The monoisotopic (exact) mass is 548 g/mol. The molecule has 1 fully saturated rings. The summed E-state index contributed by atoms with van der Waals surface area (Å²) in [5.41, 5.74) is 1.83. The van der Waals surface area contributed by atoms with Crippen LogP contribution in [0.25, 0.3) is 10.8 Å². The van der Waals surface area contributed by atoms with Crippen molar-refractivity contribution >= 4 is 40.3 Å². The van der Waals surface area contributed by atoms with Gasteiger partial charge in [0.25, 0.3) is 0 Å². The molecule has 1 unspecified atom stereocenters. The van der Waals surface area contributed by atoms with Crippen molar-refractivity contribution in [1.29, 1.82) is 0 Å². The Morgan fingerprint density at radius 3 is 2.69 bits per heavy atom. The van der Waals surface area contributed by atoms with E-state index in [9.17, 15) is 19.5 Å². The predicted octanol–water partition coefficient (Wildman–Crippen LogP) is 3.59. The number of carbonyl (C=O) groups excluding carboxylic acids is 2. The number of carbonyl (C=O) groups is 3. The zero-order valence-corrected chi connectivity index (χ0v) is 23.1. The molecule has 2 N–H and O–H groups in total. The van der Waals surface area contributed by atoms with Gasteiger partial charge in [-0.15, -0.1) is 0 Å². The van der Waals surface area contributed by atoms with Gasteiger partial charge >= 0.3 is 5.97 Å². The van der Waals surface area contributed by atoms with Crippen LogP contribution in [0.2, 0.25) is 0 Å². The zero-order valence-electron chi connectivity index (χ0n) is 22.3. The summed E-state index contributed by atoms with van der Waals surface area (Å²) in [6, 6.07) is 18.9. The fourth-order valence-corrected chi connectivity index (χ4v) is 5.67. The van der Waals surface area contributed by atoms with Gasteiger partial charge in [0.15, 0.2) is 0 Å². The van der Waals surface area contributed by atoms with Crippen LogP contribution in [0.1, 0.15) is 30.5 Å². The van der Waals surface area contributed by atoms with Gasteiger partial charge in [-0.3, -0.25) is 19.5 Å². The van der Waals surface area contributed by atoms with E-state index in [1.54, 1.807) is 18.0 Å². The summed E-state index contributed by atoms with van der Waals surface area (Å²) in [5, 5.41) is 14.5. The number of fused-ring (bicyclic) bond motifs is 1. The minimum atomic E-state index is -1.03. The molecule has 9 heteroatoms. The molecule has 3 aromatic rings. The van der Waals surface area contributed by atoms with Crippen LogP contribution >= 0.6 is 11.8 Å². The van der Waals surface area contributed by atoms with Crippen molar-refractivity contribution in [2.75, 3.05) is 31.6 Å². The molecule has 1 saturated heterocycles. The maximum atomic E-state index is 13.2. The van der Waals surface area contributed by atoms with Crippen molar-refractivity contribution in [1.82, 2.24) is 20.1 Å². The van der Waals surface area contributed by atoms with E-state index in [-0.39, 0.29) is 30.8 Å². The molecule has 0 spiro atoms. The fraction of sp³-hybridized carbons (Fsp3) is 0.400. The van der Waals surface area contributed by atoms with Gasteiger partial charge in [-0.05, 0) is 59.7 Å². The third-order valence-corrected chi connectivity index (χ3v) is 7.75. The molecule has 8 nitrogen and oxygen atoms in total. The van der Waals surface area contributed by atoms with Crippen LogP contribution in [0.4, 0.5) is 0 Å². The number of hydrogen-bond acceptors (Lipinski definition) is 6. The van der Waals surface area contributed by atoms with Crippen molar-refractivity contribution in [3.63, 3.8) is 0 Å². The van der Waals surface area contributed by atoms with E-state index in [1.807, 2.05) is 52.5 Å². The molecule has 39 heavy (non-hydrogen) atoms. The van der Waals surface area contributed by atoms with Crippen molar-refractivity contribution in [2.45, 2.75) is 44.3 Å². The number of nitrogens with zero attached hydrogens (tertiary/aromatic N) is 3. The number of aromatic nitrogens is 1. The summed E-state index contributed by atoms with van der Waals surface area (Å²) in [6.07, 6.45) is 5.98. The maximum absolute atomic E-state index is 13.2. The lowest BCUT2D eigenvalue weighted by atomic mass is 10.0. The van der Waals surface area contributed by atoms with E-state index in [0.29, 0.717) is 31.8 Å². The second kappa shape index (κ2) is 14.1. The van der Waals surface area contributed by atoms with E-state index in [4.69, 9.17) is 0 Å². The van der Waals surface area contributed by atoms with Crippen LogP contribution in [0.5, 0.6) is 0 Å². The molecule has 206 valence electrons. The first kappa shape index (κ1) is 28.6. The maximum Gasteiger partial charge on any atom is 0.326 e. The Balaban J connectivity index is 1.51. The number of rotatable bonds is 13. The molecule has 0 aliphatic carbocycles. The normalized spacial score (nSPS) is 15.9. The lowest BCUT2D eigenvalue weighted by molar-refractivity contribution is -0.142. The van der Waals surface area contributed by atoms with Crippen LogP contribution in [0.15, 0.2) is 66.9 Å². The van der Waals surface area contributed by atoms with Gasteiger partial charge in [0.05, 0.1) is 13.0 Å². The van der Waals surface area contributed by atoms with Gasteiger partial charge in [0.1, 0.15) is 6.04 Å².